The van der Waals surface area contributed by atoms with E-state index < -0.39 is 10.0 Å². The van der Waals surface area contributed by atoms with E-state index in [0.717, 1.165) is 10.9 Å². The Balaban J connectivity index is 1.97. The molecule has 0 aliphatic rings. The number of hydrogen-bond acceptors (Lipinski definition) is 3. The van der Waals surface area contributed by atoms with Crippen LogP contribution in [0.2, 0.25) is 0 Å². The first kappa shape index (κ1) is 12.8. The largest absolute Gasteiger partial charge is 0.367 e. The summed E-state index contributed by atoms with van der Waals surface area (Å²) in [6.45, 7) is 0.257. The van der Waals surface area contributed by atoms with Gasteiger partial charge in [-0.1, -0.05) is 12.1 Å². The molecule has 3 aromatic rings. The molecule has 6 heteroatoms. The van der Waals surface area contributed by atoms with Crippen LogP contribution in [0.3, 0.4) is 0 Å². The van der Waals surface area contributed by atoms with E-state index in [1.54, 1.807) is 43.0 Å². The van der Waals surface area contributed by atoms with E-state index in [1.807, 2.05) is 12.1 Å². The Kier molecular flexibility index (Phi) is 3.25. The number of aromatic nitrogens is 2. The molecule has 3 rings (SSSR count). The number of H-pyrrole nitrogens is 1. The van der Waals surface area contributed by atoms with Gasteiger partial charge < -0.3 is 4.98 Å². The van der Waals surface area contributed by atoms with Crippen LogP contribution in [-0.2, 0) is 16.6 Å². The first-order valence-electron chi connectivity index (χ1n) is 6.11. The van der Waals surface area contributed by atoms with Crippen LogP contribution >= 0.6 is 0 Å². The van der Waals surface area contributed by atoms with Crippen LogP contribution in [0.5, 0.6) is 0 Å². The number of hydrogen-bond donors (Lipinski definition) is 2. The number of nitrogens with one attached hydrogen (secondary N) is 2. The van der Waals surface area contributed by atoms with Crippen molar-refractivity contribution in [1.82, 2.24) is 14.7 Å². The second kappa shape index (κ2) is 5.07. The minimum atomic E-state index is -3.55. The number of sulfonamides is 1. The highest BCUT2D eigenvalue weighted by Gasteiger charge is 2.16. The molecule has 102 valence electrons. The lowest BCUT2D eigenvalue weighted by Gasteiger charge is -2.08. The van der Waals surface area contributed by atoms with Crippen LogP contribution in [0, 0.1) is 0 Å². The summed E-state index contributed by atoms with van der Waals surface area (Å²) >= 11 is 0. The smallest absolute Gasteiger partial charge is 0.241 e. The van der Waals surface area contributed by atoms with Gasteiger partial charge in [0.05, 0.1) is 4.90 Å². The Morgan fingerprint density at radius 3 is 2.90 bits per heavy atom. The number of pyridine rings is 1. The molecule has 0 bridgehead atoms. The molecule has 0 saturated heterocycles. The van der Waals surface area contributed by atoms with Gasteiger partial charge >= 0.3 is 0 Å². The number of benzene rings is 1. The Hall–Kier alpha value is -2.18. The van der Waals surface area contributed by atoms with E-state index in [1.165, 1.54) is 0 Å². The summed E-state index contributed by atoms with van der Waals surface area (Å²) in [6, 6.07) is 8.69. The van der Waals surface area contributed by atoms with E-state index in [2.05, 4.69) is 14.7 Å². The fraction of sp³-hybridized carbons (Fsp3) is 0.0714. The fourth-order valence-electron chi connectivity index (χ4n) is 2.05. The van der Waals surface area contributed by atoms with Crippen LogP contribution in [-0.4, -0.2) is 18.4 Å². The van der Waals surface area contributed by atoms with Gasteiger partial charge in [-0.05, 0) is 23.8 Å². The van der Waals surface area contributed by atoms with E-state index in [9.17, 15) is 8.42 Å². The van der Waals surface area contributed by atoms with Crippen molar-refractivity contribution in [2.45, 2.75) is 11.4 Å². The molecule has 0 unspecified atom stereocenters. The van der Waals surface area contributed by atoms with Gasteiger partial charge in [0.15, 0.2) is 0 Å². The standard InChI is InChI=1S/C14H13N3O2S/c18-20(19,17-9-11-4-6-15-8-11)14-3-1-2-12-10-16-7-5-13(12)14/h1-8,10,15,17H,9H2. The van der Waals surface area contributed by atoms with Gasteiger partial charge in [-0.15, -0.1) is 0 Å². The highest BCUT2D eigenvalue weighted by Crippen LogP contribution is 2.21. The zero-order valence-electron chi connectivity index (χ0n) is 10.6. The molecular weight excluding hydrogens is 274 g/mol. The van der Waals surface area contributed by atoms with Crippen molar-refractivity contribution in [2.75, 3.05) is 0 Å². The minimum absolute atomic E-state index is 0.257. The molecule has 2 aromatic heterocycles. The molecule has 0 atom stereocenters. The molecular formula is C14H13N3O2S. The van der Waals surface area contributed by atoms with E-state index >= 15 is 0 Å². The highest BCUT2D eigenvalue weighted by atomic mass is 32.2. The third-order valence-electron chi connectivity index (χ3n) is 3.06. The summed E-state index contributed by atoms with van der Waals surface area (Å²) < 4.78 is 27.4. The quantitative estimate of drug-likeness (QED) is 0.771. The first-order valence-corrected chi connectivity index (χ1v) is 7.59. The molecule has 0 aliphatic carbocycles. The van der Waals surface area contributed by atoms with Crippen molar-refractivity contribution in [1.29, 1.82) is 0 Å². The van der Waals surface area contributed by atoms with Crippen LogP contribution in [0.15, 0.2) is 60.0 Å². The molecule has 0 radical (unpaired) electrons. The van der Waals surface area contributed by atoms with Gasteiger partial charge in [0, 0.05) is 42.1 Å². The van der Waals surface area contributed by atoms with Gasteiger partial charge in [0.1, 0.15) is 0 Å². The topological polar surface area (TPSA) is 74.8 Å². The third kappa shape index (κ3) is 2.43. The van der Waals surface area contributed by atoms with Crippen molar-refractivity contribution in [3.05, 3.63) is 60.7 Å². The van der Waals surface area contributed by atoms with Crippen molar-refractivity contribution in [2.24, 2.45) is 0 Å². The zero-order valence-corrected chi connectivity index (χ0v) is 11.4. The second-order valence-electron chi connectivity index (χ2n) is 4.40. The van der Waals surface area contributed by atoms with Crippen LogP contribution < -0.4 is 4.72 Å². The Labute approximate surface area is 116 Å². The number of aromatic amines is 1. The number of fused-ring (bicyclic) bond motifs is 1. The summed E-state index contributed by atoms with van der Waals surface area (Å²) in [5.74, 6) is 0. The lowest BCUT2D eigenvalue weighted by atomic mass is 10.2. The van der Waals surface area contributed by atoms with Crippen LogP contribution in [0.4, 0.5) is 0 Å². The fourth-order valence-corrected chi connectivity index (χ4v) is 3.30. The van der Waals surface area contributed by atoms with Gasteiger partial charge in [0.25, 0.3) is 0 Å². The minimum Gasteiger partial charge on any atom is -0.367 e. The van der Waals surface area contributed by atoms with Crippen LogP contribution in [0.1, 0.15) is 5.56 Å². The summed E-state index contributed by atoms with van der Waals surface area (Å²) in [5, 5.41) is 1.47. The number of nitrogens with zero attached hydrogens (tertiary/aromatic N) is 1. The van der Waals surface area contributed by atoms with Crippen molar-refractivity contribution >= 4 is 20.8 Å². The summed E-state index contributed by atoms with van der Waals surface area (Å²) in [4.78, 5) is 7.17. The van der Waals surface area contributed by atoms with E-state index in [4.69, 9.17) is 0 Å². The molecule has 0 aliphatic heterocycles. The summed E-state index contributed by atoms with van der Waals surface area (Å²) in [6.07, 6.45) is 6.76. The van der Waals surface area contributed by atoms with Gasteiger partial charge in [-0.25, -0.2) is 13.1 Å². The summed E-state index contributed by atoms with van der Waals surface area (Å²) in [5.41, 5.74) is 0.885. The zero-order chi connectivity index (χ0) is 14.0. The molecule has 0 fully saturated rings. The van der Waals surface area contributed by atoms with Gasteiger partial charge in [-0.2, -0.15) is 0 Å². The van der Waals surface area contributed by atoms with E-state index in [0.29, 0.717) is 5.39 Å². The molecule has 1 aromatic carbocycles. The molecule has 20 heavy (non-hydrogen) atoms. The molecule has 2 heterocycles. The maximum Gasteiger partial charge on any atom is 0.241 e. The predicted octanol–water partition coefficient (Wildman–Crippen LogP) is 2.04. The van der Waals surface area contributed by atoms with Crippen LogP contribution in [0.25, 0.3) is 10.8 Å². The average Bonchev–Trinajstić information content (AvgIpc) is 2.98. The predicted molar refractivity (Wildman–Crippen MR) is 76.6 cm³/mol. The number of rotatable bonds is 4. The lowest BCUT2D eigenvalue weighted by molar-refractivity contribution is 0.582. The molecule has 0 amide bonds. The van der Waals surface area contributed by atoms with Crippen molar-refractivity contribution in [3.8, 4) is 0 Å². The highest BCUT2D eigenvalue weighted by molar-refractivity contribution is 7.89. The third-order valence-corrected chi connectivity index (χ3v) is 4.52. The summed E-state index contributed by atoms with van der Waals surface area (Å²) in [7, 11) is -3.55. The Morgan fingerprint density at radius 2 is 2.10 bits per heavy atom. The second-order valence-corrected chi connectivity index (χ2v) is 6.13. The Morgan fingerprint density at radius 1 is 1.20 bits per heavy atom. The van der Waals surface area contributed by atoms with Gasteiger partial charge in [-0.3, -0.25) is 4.98 Å². The molecule has 5 nitrogen and oxygen atoms in total. The lowest BCUT2D eigenvalue weighted by Crippen LogP contribution is -2.23. The first-order chi connectivity index (χ1) is 9.67. The molecule has 0 saturated carbocycles. The van der Waals surface area contributed by atoms with E-state index in [-0.39, 0.29) is 11.4 Å². The maximum absolute atomic E-state index is 12.4. The normalized spacial score (nSPS) is 11.8. The average molecular weight is 287 g/mol. The SMILES string of the molecule is O=S(=O)(NCc1cc[nH]c1)c1cccc2cnccc12. The Bertz CT molecular complexity index is 821. The molecule has 2 N–H and O–H groups in total. The maximum atomic E-state index is 12.4. The molecule has 0 spiro atoms. The van der Waals surface area contributed by atoms with Gasteiger partial charge in [0.2, 0.25) is 10.0 Å². The monoisotopic (exact) mass is 287 g/mol. The van der Waals surface area contributed by atoms with Crippen molar-refractivity contribution in [3.63, 3.8) is 0 Å². The van der Waals surface area contributed by atoms with Crippen molar-refractivity contribution < 1.29 is 8.42 Å².